The maximum Gasteiger partial charge on any atom is 0.332 e. The van der Waals surface area contributed by atoms with Crippen LogP contribution in [0.3, 0.4) is 0 Å². The first-order chi connectivity index (χ1) is 10.6. The normalized spacial score (nSPS) is 24.5. The molecule has 0 bridgehead atoms. The van der Waals surface area contributed by atoms with Crippen LogP contribution < -0.4 is 5.32 Å². The molecule has 0 radical (unpaired) electrons. The van der Waals surface area contributed by atoms with E-state index in [-0.39, 0.29) is 18.7 Å². The molecule has 1 N–H and O–H groups in total. The number of methoxy groups -OCH3 is 1. The molecule has 5 nitrogen and oxygen atoms in total. The number of carbonyl (C=O) groups excluding carboxylic acids is 1. The average Bonchev–Trinajstić information content (AvgIpc) is 2.55. The molecule has 22 heavy (non-hydrogen) atoms. The maximum atomic E-state index is 11.9. The van der Waals surface area contributed by atoms with Crippen LogP contribution in [0.2, 0.25) is 0 Å². The summed E-state index contributed by atoms with van der Waals surface area (Å²) >= 11 is 5.60. The third-order valence-corrected chi connectivity index (χ3v) is 4.75. The first-order valence-corrected chi connectivity index (χ1v) is 7.87. The molecule has 0 aliphatic heterocycles. The lowest BCUT2D eigenvalue weighted by molar-refractivity contribution is -0.157. The summed E-state index contributed by atoms with van der Waals surface area (Å²) in [6, 6.07) is 3.89. The van der Waals surface area contributed by atoms with E-state index in [1.807, 2.05) is 25.4 Å². The fraction of sp³-hybridized carbons (Fsp3) is 0.562. The van der Waals surface area contributed by atoms with Gasteiger partial charge in [0.1, 0.15) is 12.7 Å². The van der Waals surface area contributed by atoms with Gasteiger partial charge in [-0.15, -0.1) is 0 Å². The summed E-state index contributed by atoms with van der Waals surface area (Å²) < 4.78 is 10.6. The number of esters is 1. The van der Waals surface area contributed by atoms with Crippen molar-refractivity contribution in [3.63, 3.8) is 0 Å². The number of pyridine rings is 1. The molecule has 1 aliphatic rings. The van der Waals surface area contributed by atoms with Crippen LogP contribution in [-0.2, 0) is 19.7 Å². The molecule has 0 amide bonds. The summed E-state index contributed by atoms with van der Waals surface area (Å²) in [7, 11) is 3.29. The number of hydrogen-bond acceptors (Lipinski definition) is 5. The minimum atomic E-state index is -0.514. The van der Waals surface area contributed by atoms with E-state index in [0.29, 0.717) is 4.99 Å². The van der Waals surface area contributed by atoms with E-state index in [2.05, 4.69) is 10.3 Å². The van der Waals surface area contributed by atoms with Crippen LogP contribution >= 0.6 is 12.2 Å². The van der Waals surface area contributed by atoms with Crippen LogP contribution in [0.4, 0.5) is 0 Å². The number of thiocarbonyl (C=S) groups is 1. The molecule has 1 heterocycles. The molecule has 0 unspecified atom stereocenters. The van der Waals surface area contributed by atoms with Crippen molar-refractivity contribution in [2.75, 3.05) is 20.8 Å². The minimum Gasteiger partial charge on any atom is -0.459 e. The van der Waals surface area contributed by atoms with Gasteiger partial charge in [-0.05, 0) is 30.9 Å². The summed E-state index contributed by atoms with van der Waals surface area (Å²) in [5.74, 6) is -0.360. The smallest absolute Gasteiger partial charge is 0.332 e. The van der Waals surface area contributed by atoms with Crippen molar-refractivity contribution < 1.29 is 14.3 Å². The second-order valence-electron chi connectivity index (χ2n) is 5.45. The number of carbonyl (C=O) groups is 1. The van der Waals surface area contributed by atoms with Crippen LogP contribution in [0, 0.1) is 0 Å². The molecule has 2 rings (SSSR count). The molecule has 1 saturated carbocycles. The number of nitrogens with zero attached hydrogens (tertiary/aromatic N) is 1. The van der Waals surface area contributed by atoms with Crippen molar-refractivity contribution in [3.05, 3.63) is 30.1 Å². The predicted octanol–water partition coefficient (Wildman–Crippen LogP) is 2.00. The van der Waals surface area contributed by atoms with Gasteiger partial charge in [-0.1, -0.05) is 24.7 Å². The van der Waals surface area contributed by atoms with Gasteiger partial charge in [0.25, 0.3) is 0 Å². The van der Waals surface area contributed by atoms with E-state index >= 15 is 0 Å². The largest absolute Gasteiger partial charge is 0.459 e. The van der Waals surface area contributed by atoms with Crippen LogP contribution in [0.1, 0.15) is 31.2 Å². The number of nitrogens with one attached hydrogen (secondary N) is 1. The number of aromatic nitrogens is 1. The molecule has 0 saturated heterocycles. The third kappa shape index (κ3) is 3.28. The average molecular weight is 322 g/mol. The fourth-order valence-electron chi connectivity index (χ4n) is 3.18. The Hall–Kier alpha value is -1.53. The maximum absolute atomic E-state index is 11.9. The summed E-state index contributed by atoms with van der Waals surface area (Å²) in [6.45, 7) is -0.0497. The lowest BCUT2D eigenvalue weighted by Gasteiger charge is -2.43. The van der Waals surface area contributed by atoms with Gasteiger partial charge in [-0.2, -0.15) is 0 Å². The first kappa shape index (κ1) is 16.8. The molecule has 1 aromatic rings. The van der Waals surface area contributed by atoms with Gasteiger partial charge in [-0.25, -0.2) is 4.79 Å². The lowest BCUT2D eigenvalue weighted by Crippen LogP contribution is -2.54. The highest BCUT2D eigenvalue weighted by Gasteiger charge is 2.48. The molecular formula is C16H22N2O3S. The van der Waals surface area contributed by atoms with E-state index in [0.717, 1.165) is 31.2 Å². The second-order valence-corrected chi connectivity index (χ2v) is 5.86. The minimum absolute atomic E-state index is 0.0497. The topological polar surface area (TPSA) is 60.5 Å². The van der Waals surface area contributed by atoms with Crippen molar-refractivity contribution >= 4 is 23.2 Å². The lowest BCUT2D eigenvalue weighted by atomic mass is 9.67. The highest BCUT2D eigenvalue weighted by molar-refractivity contribution is 7.80. The van der Waals surface area contributed by atoms with E-state index in [1.165, 1.54) is 7.11 Å². The molecule has 1 fully saturated rings. The van der Waals surface area contributed by atoms with Gasteiger partial charge in [0.2, 0.25) is 0 Å². The fourth-order valence-corrected chi connectivity index (χ4v) is 3.53. The zero-order chi connectivity index (χ0) is 16.0. The van der Waals surface area contributed by atoms with Gasteiger partial charge in [0.05, 0.1) is 10.4 Å². The van der Waals surface area contributed by atoms with Gasteiger partial charge in [-0.3, -0.25) is 4.98 Å². The van der Waals surface area contributed by atoms with Gasteiger partial charge >= 0.3 is 5.97 Å². The monoisotopic (exact) mass is 322 g/mol. The zero-order valence-electron chi connectivity index (χ0n) is 13.0. The Morgan fingerprint density at radius 2 is 2.36 bits per heavy atom. The van der Waals surface area contributed by atoms with Crippen molar-refractivity contribution in [1.29, 1.82) is 0 Å². The Labute approximate surface area is 136 Å². The van der Waals surface area contributed by atoms with Crippen molar-refractivity contribution in [2.45, 2.75) is 37.2 Å². The van der Waals surface area contributed by atoms with Gasteiger partial charge in [0.15, 0.2) is 0 Å². The van der Waals surface area contributed by atoms with E-state index < -0.39 is 5.41 Å². The van der Waals surface area contributed by atoms with Crippen LogP contribution in [-0.4, -0.2) is 42.8 Å². The van der Waals surface area contributed by atoms with Crippen molar-refractivity contribution in [3.8, 4) is 0 Å². The Kier molecular flexibility index (Phi) is 5.85. The highest BCUT2D eigenvalue weighted by Crippen LogP contribution is 2.42. The third-order valence-electron chi connectivity index (χ3n) is 4.18. The van der Waals surface area contributed by atoms with Crippen LogP contribution in [0.5, 0.6) is 0 Å². The molecule has 1 aliphatic carbocycles. The molecule has 2 atom stereocenters. The molecule has 6 heteroatoms. The Bertz CT molecular complexity index is 523. The molecule has 0 aromatic carbocycles. The Morgan fingerprint density at radius 1 is 1.55 bits per heavy atom. The summed E-state index contributed by atoms with van der Waals surface area (Å²) in [4.78, 5) is 16.8. The molecule has 0 spiro atoms. The number of hydrogen-bond donors (Lipinski definition) is 1. The first-order valence-electron chi connectivity index (χ1n) is 7.46. The number of likely N-dealkylation sites (N-methyl/N-ethyl adjacent to an activating group) is 1. The zero-order valence-corrected chi connectivity index (χ0v) is 13.8. The Morgan fingerprint density at radius 3 is 3.00 bits per heavy atom. The highest BCUT2D eigenvalue weighted by atomic mass is 32.1. The van der Waals surface area contributed by atoms with E-state index in [4.69, 9.17) is 21.7 Å². The van der Waals surface area contributed by atoms with Crippen LogP contribution in [0.25, 0.3) is 0 Å². The Balaban J connectivity index is 2.39. The van der Waals surface area contributed by atoms with Crippen LogP contribution in [0.15, 0.2) is 24.5 Å². The summed E-state index contributed by atoms with van der Waals surface area (Å²) in [5.41, 5.74) is 0.476. The van der Waals surface area contributed by atoms with Gasteiger partial charge in [0, 0.05) is 26.6 Å². The van der Waals surface area contributed by atoms with E-state index in [1.54, 1.807) is 6.20 Å². The molecule has 120 valence electrons. The predicted molar refractivity (Wildman–Crippen MR) is 87.8 cm³/mol. The SMILES string of the molecule is CNC(=S)[C@]1(c2cccnc2)CCCC[C@H]1OC(=O)COC. The summed E-state index contributed by atoms with van der Waals surface area (Å²) in [5, 5.41) is 3.09. The quantitative estimate of drug-likeness (QED) is 0.661. The standard InChI is InChI=1S/C16H22N2O3S/c1-17-15(22)16(12-6-5-9-18-10-12)8-4-3-7-13(16)21-14(19)11-20-2/h5-6,9-10,13H,3-4,7-8,11H2,1-2H3,(H,17,22)/t13-,16+/m1/s1. The number of rotatable bonds is 5. The van der Waals surface area contributed by atoms with Crippen molar-refractivity contribution in [2.24, 2.45) is 0 Å². The van der Waals surface area contributed by atoms with Crippen molar-refractivity contribution in [1.82, 2.24) is 10.3 Å². The summed E-state index contributed by atoms with van der Waals surface area (Å²) in [6.07, 6.45) is 6.91. The second kappa shape index (κ2) is 7.65. The number of ether oxygens (including phenoxy) is 2. The molecular weight excluding hydrogens is 300 g/mol. The van der Waals surface area contributed by atoms with E-state index in [9.17, 15) is 4.79 Å². The molecule has 1 aromatic heterocycles. The van der Waals surface area contributed by atoms with Gasteiger partial charge < -0.3 is 14.8 Å².